The summed E-state index contributed by atoms with van der Waals surface area (Å²) in [5, 5.41) is 25.9. The first-order valence-electron chi connectivity index (χ1n) is 16.3. The second kappa shape index (κ2) is 19.8. The zero-order chi connectivity index (χ0) is 35.6. The molecule has 5 N–H and O–H groups in total. The van der Waals surface area contributed by atoms with Gasteiger partial charge in [0.1, 0.15) is 11.9 Å². The average molecular weight is 685 g/mol. The van der Waals surface area contributed by atoms with E-state index < -0.39 is 30.2 Å². The number of benzene rings is 2. The summed E-state index contributed by atoms with van der Waals surface area (Å²) in [6, 6.07) is 21.8. The van der Waals surface area contributed by atoms with Gasteiger partial charge in [-0.2, -0.15) is 13.2 Å². The number of nitrogens with one attached hydrogen (secondary N) is 3. The summed E-state index contributed by atoms with van der Waals surface area (Å²) >= 11 is 0. The molecule has 1 unspecified atom stereocenters. The number of hydrogen-bond acceptors (Lipinski definition) is 6. The predicted octanol–water partition coefficient (Wildman–Crippen LogP) is 6.75. The number of amides is 2. The first kappa shape index (κ1) is 38.5. The third-order valence-electron chi connectivity index (χ3n) is 8.11. The van der Waals surface area contributed by atoms with Crippen molar-refractivity contribution < 1.29 is 42.6 Å². The predicted molar refractivity (Wildman–Crippen MR) is 178 cm³/mol. The standard InChI is InChI=1S/C34H42N4O4.C2HF3O2/c39-32(16-8-10-22-36-31-15-7-9-21-35-31)37-30(23-25-11-3-1-4-12-25)34(42)38-29(24-33(40)41)28-19-17-27(18-20-28)26-13-5-2-6-14-26;3-2(4,5)1(6)7/h2,5-7,9,13-15,17-21,25,29-30H,1,3-4,8,10-12,16,22-24H2,(H,35,36)(H,37,39)(H,38,42)(H,40,41);(H,6,7)/t29?,30-;/m1./s1. The third kappa shape index (κ3) is 14.4. The molecule has 13 heteroatoms. The van der Waals surface area contributed by atoms with Gasteiger partial charge in [-0.3, -0.25) is 14.4 Å². The van der Waals surface area contributed by atoms with Gasteiger partial charge < -0.3 is 26.2 Å². The van der Waals surface area contributed by atoms with Crippen molar-refractivity contribution in [2.75, 3.05) is 11.9 Å². The number of aliphatic carboxylic acids is 2. The number of anilines is 1. The van der Waals surface area contributed by atoms with Gasteiger partial charge in [-0.25, -0.2) is 9.78 Å². The smallest absolute Gasteiger partial charge is 0.481 e. The lowest BCUT2D eigenvalue weighted by Crippen LogP contribution is -2.49. The number of carboxylic acids is 2. The first-order valence-corrected chi connectivity index (χ1v) is 16.3. The lowest BCUT2D eigenvalue weighted by molar-refractivity contribution is -0.192. The Bertz CT molecular complexity index is 1470. The highest BCUT2D eigenvalue weighted by Crippen LogP contribution is 2.28. The van der Waals surface area contributed by atoms with Gasteiger partial charge in [0.05, 0.1) is 12.5 Å². The van der Waals surface area contributed by atoms with Crippen LogP contribution >= 0.6 is 0 Å². The number of halogens is 3. The van der Waals surface area contributed by atoms with Crippen LogP contribution in [0.3, 0.4) is 0 Å². The second-order valence-corrected chi connectivity index (χ2v) is 11.9. The van der Waals surface area contributed by atoms with E-state index in [9.17, 15) is 32.7 Å². The maximum atomic E-state index is 13.6. The Hall–Kier alpha value is -4.94. The molecule has 0 radical (unpaired) electrons. The SMILES string of the molecule is O=C(O)C(F)(F)F.O=C(O)CC(NC(=O)[C@@H](CC1CCCCC1)NC(=O)CCCCNc1ccccn1)c1ccc(-c2ccccc2)cc1. The molecule has 1 fully saturated rings. The van der Waals surface area contributed by atoms with Crippen LogP contribution in [0.25, 0.3) is 11.1 Å². The van der Waals surface area contributed by atoms with Gasteiger partial charge in [-0.15, -0.1) is 0 Å². The van der Waals surface area contributed by atoms with Crippen molar-refractivity contribution in [2.45, 2.75) is 82.5 Å². The van der Waals surface area contributed by atoms with Crippen molar-refractivity contribution in [1.82, 2.24) is 15.6 Å². The molecule has 1 saturated carbocycles. The van der Waals surface area contributed by atoms with Crippen molar-refractivity contribution in [2.24, 2.45) is 5.92 Å². The highest BCUT2D eigenvalue weighted by atomic mass is 19.4. The summed E-state index contributed by atoms with van der Waals surface area (Å²) in [4.78, 5) is 51.4. The minimum absolute atomic E-state index is 0.161. The fourth-order valence-electron chi connectivity index (χ4n) is 5.59. The van der Waals surface area contributed by atoms with Crippen molar-refractivity contribution >= 4 is 29.6 Å². The van der Waals surface area contributed by atoms with Crippen LogP contribution in [-0.2, 0) is 19.2 Å². The van der Waals surface area contributed by atoms with Gasteiger partial charge in [-0.05, 0) is 54.0 Å². The molecule has 1 aromatic heterocycles. The van der Waals surface area contributed by atoms with Gasteiger partial charge in [0.15, 0.2) is 0 Å². The number of unbranched alkanes of at least 4 members (excludes halogenated alkanes) is 1. The molecule has 0 aliphatic heterocycles. The van der Waals surface area contributed by atoms with Crippen molar-refractivity contribution in [3.05, 3.63) is 84.6 Å². The average Bonchev–Trinajstić information content (AvgIpc) is 3.08. The van der Waals surface area contributed by atoms with Crippen molar-refractivity contribution in [1.29, 1.82) is 0 Å². The summed E-state index contributed by atoms with van der Waals surface area (Å²) in [6.07, 6.45) is 4.29. The molecule has 0 spiro atoms. The van der Waals surface area contributed by atoms with Gasteiger partial charge in [0.25, 0.3) is 0 Å². The van der Waals surface area contributed by atoms with Gasteiger partial charge in [-0.1, -0.05) is 92.8 Å². The van der Waals surface area contributed by atoms with E-state index in [1.165, 1.54) is 6.42 Å². The summed E-state index contributed by atoms with van der Waals surface area (Å²) in [5.41, 5.74) is 2.79. The van der Waals surface area contributed by atoms with Crippen LogP contribution in [0.1, 0.15) is 75.8 Å². The van der Waals surface area contributed by atoms with E-state index in [0.717, 1.165) is 49.0 Å². The Morgan fingerprint density at radius 1 is 0.816 bits per heavy atom. The third-order valence-corrected chi connectivity index (χ3v) is 8.11. The van der Waals surface area contributed by atoms with E-state index in [4.69, 9.17) is 9.90 Å². The molecule has 10 nitrogen and oxygen atoms in total. The summed E-state index contributed by atoms with van der Waals surface area (Å²) in [7, 11) is 0. The van der Waals surface area contributed by atoms with Gasteiger partial charge >= 0.3 is 18.1 Å². The molecule has 49 heavy (non-hydrogen) atoms. The van der Waals surface area contributed by atoms with Crippen LogP contribution < -0.4 is 16.0 Å². The molecule has 2 atom stereocenters. The topological polar surface area (TPSA) is 158 Å². The van der Waals surface area contributed by atoms with E-state index in [0.29, 0.717) is 37.3 Å². The molecule has 2 aromatic carbocycles. The molecular weight excluding hydrogens is 641 g/mol. The molecule has 0 bridgehead atoms. The number of rotatable bonds is 15. The van der Waals surface area contributed by atoms with E-state index >= 15 is 0 Å². The molecule has 1 aliphatic rings. The molecule has 4 rings (SSSR count). The van der Waals surface area contributed by atoms with Crippen LogP contribution in [0.15, 0.2) is 79.0 Å². The normalized spacial score (nSPS) is 14.3. The monoisotopic (exact) mass is 684 g/mol. The summed E-state index contributed by atoms with van der Waals surface area (Å²) < 4.78 is 31.7. The minimum atomic E-state index is -5.08. The maximum Gasteiger partial charge on any atom is 0.490 e. The molecule has 264 valence electrons. The Labute approximate surface area is 283 Å². The molecule has 3 aromatic rings. The Morgan fingerprint density at radius 2 is 1.45 bits per heavy atom. The number of carboxylic acid groups (broad SMARTS) is 2. The fourth-order valence-corrected chi connectivity index (χ4v) is 5.59. The van der Waals surface area contributed by atoms with E-state index in [-0.39, 0.29) is 18.2 Å². The molecular formula is C36H43F3N4O6. The lowest BCUT2D eigenvalue weighted by Gasteiger charge is -2.28. The molecule has 1 aliphatic carbocycles. The highest BCUT2D eigenvalue weighted by molar-refractivity contribution is 5.88. The van der Waals surface area contributed by atoms with E-state index in [1.54, 1.807) is 6.20 Å². The van der Waals surface area contributed by atoms with Gasteiger partial charge in [0, 0.05) is 19.2 Å². The first-order chi connectivity index (χ1) is 23.4. The Morgan fingerprint density at radius 3 is 2.04 bits per heavy atom. The molecule has 2 amide bonds. The number of nitrogens with zero attached hydrogens (tertiary/aromatic N) is 1. The second-order valence-electron chi connectivity index (χ2n) is 11.9. The Balaban J connectivity index is 0.000000838. The molecule has 0 saturated heterocycles. The zero-order valence-electron chi connectivity index (χ0n) is 27.1. The summed E-state index contributed by atoms with van der Waals surface area (Å²) in [5.74, 6) is -3.08. The van der Waals surface area contributed by atoms with Crippen LogP contribution in [0.4, 0.5) is 19.0 Å². The number of hydrogen-bond donors (Lipinski definition) is 5. The van der Waals surface area contributed by atoms with Crippen LogP contribution in [0, 0.1) is 5.92 Å². The number of carbonyl (C=O) groups is 4. The molecule has 1 heterocycles. The van der Waals surface area contributed by atoms with Crippen LogP contribution in [0.5, 0.6) is 0 Å². The number of pyridine rings is 1. The number of carbonyl (C=O) groups excluding carboxylic acids is 2. The Kier molecular flexibility index (Phi) is 15.5. The summed E-state index contributed by atoms with van der Waals surface area (Å²) in [6.45, 7) is 0.705. The van der Waals surface area contributed by atoms with E-state index in [1.807, 2.05) is 72.8 Å². The lowest BCUT2D eigenvalue weighted by atomic mass is 9.84. The quantitative estimate of drug-likeness (QED) is 0.110. The van der Waals surface area contributed by atoms with Crippen LogP contribution in [-0.4, -0.2) is 57.7 Å². The van der Waals surface area contributed by atoms with Crippen molar-refractivity contribution in [3.63, 3.8) is 0 Å². The zero-order valence-corrected chi connectivity index (χ0v) is 27.1. The number of alkyl halides is 3. The van der Waals surface area contributed by atoms with Crippen LogP contribution in [0.2, 0.25) is 0 Å². The van der Waals surface area contributed by atoms with Gasteiger partial charge in [0.2, 0.25) is 11.8 Å². The van der Waals surface area contributed by atoms with E-state index in [2.05, 4.69) is 20.9 Å². The van der Waals surface area contributed by atoms with Crippen molar-refractivity contribution in [3.8, 4) is 11.1 Å². The largest absolute Gasteiger partial charge is 0.490 e. The number of aromatic nitrogens is 1. The highest BCUT2D eigenvalue weighted by Gasteiger charge is 2.38. The minimum Gasteiger partial charge on any atom is -0.481 e. The maximum absolute atomic E-state index is 13.6. The fraction of sp³-hybridized carbons (Fsp3) is 0.417.